The molecule has 110 valence electrons. The van der Waals surface area contributed by atoms with Crippen molar-refractivity contribution in [3.05, 3.63) is 79.4 Å². The molecule has 5 heteroatoms. The molecule has 0 N–H and O–H groups in total. The van der Waals surface area contributed by atoms with Crippen LogP contribution in [0.5, 0.6) is 0 Å². The maximum absolute atomic E-state index is 4.59. The number of para-hydroxylation sites is 1. The van der Waals surface area contributed by atoms with Gasteiger partial charge >= 0.3 is 0 Å². The average molecular weight is 299 g/mol. The van der Waals surface area contributed by atoms with Crippen molar-refractivity contribution in [1.82, 2.24) is 24.7 Å². The third-order valence-corrected chi connectivity index (χ3v) is 3.45. The van der Waals surface area contributed by atoms with Gasteiger partial charge in [0.25, 0.3) is 0 Å². The molecule has 0 unspecified atom stereocenters. The van der Waals surface area contributed by atoms with Crippen LogP contribution < -0.4 is 0 Å². The highest BCUT2D eigenvalue weighted by molar-refractivity contribution is 5.61. The van der Waals surface area contributed by atoms with Crippen molar-refractivity contribution >= 4 is 0 Å². The van der Waals surface area contributed by atoms with Crippen molar-refractivity contribution < 1.29 is 0 Å². The molecule has 0 radical (unpaired) electrons. The molecule has 3 heterocycles. The zero-order valence-corrected chi connectivity index (χ0v) is 12.2. The number of benzene rings is 1. The molecule has 4 aromatic rings. The Morgan fingerprint density at radius 2 is 1.61 bits per heavy atom. The smallest absolute Gasteiger partial charge is 0.178 e. The number of pyridine rings is 1. The van der Waals surface area contributed by atoms with Crippen molar-refractivity contribution in [3.8, 4) is 28.5 Å². The van der Waals surface area contributed by atoms with Gasteiger partial charge in [-0.3, -0.25) is 4.98 Å². The van der Waals surface area contributed by atoms with Crippen LogP contribution in [-0.2, 0) is 0 Å². The van der Waals surface area contributed by atoms with Crippen molar-refractivity contribution in [2.75, 3.05) is 0 Å². The van der Waals surface area contributed by atoms with Crippen LogP contribution in [0.15, 0.2) is 79.4 Å². The van der Waals surface area contributed by atoms with Crippen LogP contribution >= 0.6 is 0 Å². The zero-order valence-electron chi connectivity index (χ0n) is 12.2. The van der Waals surface area contributed by atoms with E-state index in [1.807, 2.05) is 65.5 Å². The van der Waals surface area contributed by atoms with Crippen molar-refractivity contribution in [1.29, 1.82) is 0 Å². The Morgan fingerprint density at radius 3 is 2.43 bits per heavy atom. The minimum Gasteiger partial charge on any atom is -0.253 e. The first kappa shape index (κ1) is 13.3. The van der Waals surface area contributed by atoms with E-state index >= 15 is 0 Å². The summed E-state index contributed by atoms with van der Waals surface area (Å²) in [6, 6.07) is 17.5. The lowest BCUT2D eigenvalue weighted by molar-refractivity contribution is 0.880. The molecular weight excluding hydrogens is 286 g/mol. The van der Waals surface area contributed by atoms with E-state index in [1.54, 1.807) is 18.6 Å². The Hall–Kier alpha value is -3.34. The van der Waals surface area contributed by atoms with Gasteiger partial charge in [-0.2, -0.15) is 5.10 Å². The number of nitrogens with zero attached hydrogens (tertiary/aromatic N) is 5. The lowest BCUT2D eigenvalue weighted by Crippen LogP contribution is -1.93. The Morgan fingerprint density at radius 1 is 0.739 bits per heavy atom. The molecule has 3 aromatic heterocycles. The summed E-state index contributed by atoms with van der Waals surface area (Å²) in [5.41, 5.74) is 3.53. The molecule has 0 fully saturated rings. The van der Waals surface area contributed by atoms with Crippen molar-refractivity contribution in [2.45, 2.75) is 0 Å². The second-order valence-corrected chi connectivity index (χ2v) is 4.99. The summed E-state index contributed by atoms with van der Waals surface area (Å²) in [4.78, 5) is 13.2. The number of hydrogen-bond acceptors (Lipinski definition) is 4. The highest BCUT2D eigenvalue weighted by Gasteiger charge is 2.08. The van der Waals surface area contributed by atoms with E-state index < -0.39 is 0 Å². The number of aromatic nitrogens is 5. The predicted molar refractivity (Wildman–Crippen MR) is 87.8 cm³/mol. The van der Waals surface area contributed by atoms with Crippen LogP contribution in [0, 0.1) is 0 Å². The fraction of sp³-hybridized carbons (Fsp3) is 0. The van der Waals surface area contributed by atoms with Crippen LogP contribution in [0.2, 0.25) is 0 Å². The zero-order chi connectivity index (χ0) is 15.5. The number of hydrogen-bond donors (Lipinski definition) is 0. The van der Waals surface area contributed by atoms with Crippen LogP contribution in [0.1, 0.15) is 0 Å². The summed E-state index contributed by atoms with van der Waals surface area (Å²) in [7, 11) is 0. The van der Waals surface area contributed by atoms with Gasteiger partial charge in [0.1, 0.15) is 5.69 Å². The van der Waals surface area contributed by atoms with E-state index in [0.717, 1.165) is 22.6 Å². The predicted octanol–water partition coefficient (Wildman–Crippen LogP) is 3.39. The molecule has 23 heavy (non-hydrogen) atoms. The van der Waals surface area contributed by atoms with Gasteiger partial charge in [0.15, 0.2) is 5.82 Å². The van der Waals surface area contributed by atoms with E-state index in [-0.39, 0.29) is 0 Å². The molecule has 0 spiro atoms. The maximum atomic E-state index is 4.59. The van der Waals surface area contributed by atoms with E-state index in [0.29, 0.717) is 5.82 Å². The largest absolute Gasteiger partial charge is 0.253 e. The average Bonchev–Trinajstić information content (AvgIpc) is 3.14. The molecule has 4 rings (SSSR count). The van der Waals surface area contributed by atoms with E-state index in [2.05, 4.69) is 20.1 Å². The summed E-state index contributed by atoms with van der Waals surface area (Å²) in [6.07, 6.45) is 7.24. The Balaban J connectivity index is 1.71. The fourth-order valence-corrected chi connectivity index (χ4v) is 2.31. The molecule has 0 aliphatic rings. The number of rotatable bonds is 3. The second kappa shape index (κ2) is 5.81. The molecule has 0 saturated heterocycles. The molecule has 0 amide bonds. The van der Waals surface area contributed by atoms with Crippen molar-refractivity contribution in [3.63, 3.8) is 0 Å². The van der Waals surface area contributed by atoms with E-state index in [1.165, 1.54) is 0 Å². The second-order valence-electron chi connectivity index (χ2n) is 4.99. The first-order valence-electron chi connectivity index (χ1n) is 7.25. The minimum atomic E-state index is 0.607. The summed E-state index contributed by atoms with van der Waals surface area (Å²) in [5, 5.41) is 4.41. The van der Waals surface area contributed by atoms with Gasteiger partial charge in [-0.05, 0) is 30.3 Å². The molecule has 0 saturated carbocycles. The van der Waals surface area contributed by atoms with Gasteiger partial charge in [0, 0.05) is 24.2 Å². The third-order valence-electron chi connectivity index (χ3n) is 3.45. The highest BCUT2D eigenvalue weighted by atomic mass is 15.3. The van der Waals surface area contributed by atoms with Gasteiger partial charge in [0.05, 0.1) is 17.6 Å². The van der Waals surface area contributed by atoms with Gasteiger partial charge in [0.2, 0.25) is 0 Å². The maximum Gasteiger partial charge on any atom is 0.178 e. The summed E-state index contributed by atoms with van der Waals surface area (Å²) >= 11 is 0. The van der Waals surface area contributed by atoms with Gasteiger partial charge in [-0.1, -0.05) is 24.3 Å². The lowest BCUT2D eigenvalue weighted by Gasteiger charge is -2.01. The first-order chi connectivity index (χ1) is 11.4. The summed E-state index contributed by atoms with van der Waals surface area (Å²) in [6.45, 7) is 0. The quantitative estimate of drug-likeness (QED) is 0.582. The van der Waals surface area contributed by atoms with Crippen LogP contribution in [0.3, 0.4) is 0 Å². The SMILES string of the molecule is c1ccc(-n2cc(-c3ccnc(-c4ccccn4)n3)cn2)cc1. The summed E-state index contributed by atoms with van der Waals surface area (Å²) < 4.78 is 1.83. The normalized spacial score (nSPS) is 10.6. The molecule has 5 nitrogen and oxygen atoms in total. The topological polar surface area (TPSA) is 56.5 Å². The standard InChI is InChI=1S/C18H13N5/c1-2-6-15(7-3-1)23-13-14(12-21-23)16-9-11-20-18(22-16)17-8-4-5-10-19-17/h1-13H. The van der Waals surface area contributed by atoms with E-state index in [4.69, 9.17) is 0 Å². The third kappa shape index (κ3) is 2.72. The molecule has 0 atom stereocenters. The Labute approximate surface area is 133 Å². The summed E-state index contributed by atoms with van der Waals surface area (Å²) in [5.74, 6) is 0.607. The molecular formula is C18H13N5. The van der Waals surface area contributed by atoms with Gasteiger partial charge in [-0.15, -0.1) is 0 Å². The molecule has 0 aliphatic carbocycles. The van der Waals surface area contributed by atoms with Gasteiger partial charge in [-0.25, -0.2) is 14.6 Å². The van der Waals surface area contributed by atoms with Crippen LogP contribution in [-0.4, -0.2) is 24.7 Å². The molecule has 1 aromatic carbocycles. The van der Waals surface area contributed by atoms with Crippen molar-refractivity contribution in [2.24, 2.45) is 0 Å². The fourth-order valence-electron chi connectivity index (χ4n) is 2.31. The lowest BCUT2D eigenvalue weighted by atomic mass is 10.2. The Kier molecular flexibility index (Phi) is 3.37. The van der Waals surface area contributed by atoms with Crippen LogP contribution in [0.4, 0.5) is 0 Å². The molecule has 0 bridgehead atoms. The monoisotopic (exact) mass is 299 g/mol. The van der Waals surface area contributed by atoms with Gasteiger partial charge < -0.3 is 0 Å². The minimum absolute atomic E-state index is 0.607. The molecule has 0 aliphatic heterocycles. The van der Waals surface area contributed by atoms with Crippen LogP contribution in [0.25, 0.3) is 28.5 Å². The Bertz CT molecular complexity index is 916. The highest BCUT2D eigenvalue weighted by Crippen LogP contribution is 2.20. The van der Waals surface area contributed by atoms with E-state index in [9.17, 15) is 0 Å². The first-order valence-corrected chi connectivity index (χ1v) is 7.25.